The van der Waals surface area contributed by atoms with Crippen molar-refractivity contribution >= 4 is 29.0 Å². The maximum absolute atomic E-state index is 12.6. The smallest absolute Gasteiger partial charge is 0.471 e. The van der Waals surface area contributed by atoms with Gasteiger partial charge in [-0.1, -0.05) is 30.3 Å². The van der Waals surface area contributed by atoms with Crippen molar-refractivity contribution in [2.24, 2.45) is 0 Å². The Hall–Kier alpha value is -3.70. The molecule has 3 rings (SSSR count). The van der Waals surface area contributed by atoms with E-state index < -0.39 is 24.0 Å². The first kappa shape index (κ1) is 20.0. The lowest BCUT2D eigenvalue weighted by atomic mass is 10.2. The number of carbonyl (C=O) groups excluding carboxylic acids is 2. The van der Waals surface area contributed by atoms with Gasteiger partial charge in [-0.2, -0.15) is 23.1 Å². The van der Waals surface area contributed by atoms with Gasteiger partial charge in [-0.3, -0.25) is 14.9 Å². The number of halogens is 3. The Morgan fingerprint density at radius 1 is 1.17 bits per heavy atom. The summed E-state index contributed by atoms with van der Waals surface area (Å²) in [5.74, 6) is -3.67. The van der Waals surface area contributed by atoms with E-state index in [1.54, 1.807) is 29.6 Å². The molecule has 0 atom stereocenters. The summed E-state index contributed by atoms with van der Waals surface area (Å²) in [4.78, 5) is 34.5. The fourth-order valence-corrected chi connectivity index (χ4v) is 2.29. The number of alkyl halides is 3. The second kappa shape index (κ2) is 8.12. The minimum atomic E-state index is -5.13. The van der Waals surface area contributed by atoms with Gasteiger partial charge in [0.25, 0.3) is 0 Å². The molecule has 0 unspecified atom stereocenters. The third kappa shape index (κ3) is 4.78. The Morgan fingerprint density at radius 2 is 1.90 bits per heavy atom. The van der Waals surface area contributed by atoms with Crippen LogP contribution in [0.25, 0.3) is 11.2 Å². The van der Waals surface area contributed by atoms with E-state index in [1.165, 1.54) is 18.0 Å². The molecule has 0 saturated heterocycles. The molecule has 152 valence electrons. The number of aromatic nitrogens is 4. The van der Waals surface area contributed by atoms with E-state index in [-0.39, 0.29) is 30.2 Å². The van der Waals surface area contributed by atoms with Gasteiger partial charge in [0, 0.05) is 0 Å². The number of imidazole rings is 1. The molecule has 0 aliphatic carbocycles. The van der Waals surface area contributed by atoms with Crippen LogP contribution in [-0.2, 0) is 27.5 Å². The lowest BCUT2D eigenvalue weighted by molar-refractivity contribution is -0.167. The van der Waals surface area contributed by atoms with E-state index in [0.29, 0.717) is 0 Å². The van der Waals surface area contributed by atoms with Gasteiger partial charge in [0.1, 0.15) is 13.2 Å². The molecule has 0 radical (unpaired) electrons. The van der Waals surface area contributed by atoms with Crippen LogP contribution in [0.3, 0.4) is 0 Å². The maximum atomic E-state index is 12.6. The summed E-state index contributed by atoms with van der Waals surface area (Å²) in [5, 5.41) is 1.57. The summed E-state index contributed by atoms with van der Waals surface area (Å²) < 4.78 is 49.1. The van der Waals surface area contributed by atoms with Crippen LogP contribution in [0, 0.1) is 0 Å². The number of hydrogen-bond donors (Lipinski definition) is 1. The van der Waals surface area contributed by atoms with Crippen molar-refractivity contribution in [3.8, 4) is 5.88 Å². The second-order valence-corrected chi connectivity index (χ2v) is 5.70. The van der Waals surface area contributed by atoms with Gasteiger partial charge in [0.15, 0.2) is 11.2 Å². The molecule has 0 aliphatic heterocycles. The maximum Gasteiger partial charge on any atom is 0.471 e. The first-order valence-corrected chi connectivity index (χ1v) is 8.12. The van der Waals surface area contributed by atoms with Crippen LogP contribution in [0.1, 0.15) is 5.56 Å². The van der Waals surface area contributed by atoms with Crippen molar-refractivity contribution in [1.29, 1.82) is 0 Å². The summed E-state index contributed by atoms with van der Waals surface area (Å²) in [6.07, 6.45) is -3.89. The van der Waals surface area contributed by atoms with Crippen LogP contribution in [0.4, 0.5) is 19.1 Å². The van der Waals surface area contributed by atoms with E-state index in [9.17, 15) is 22.8 Å². The normalized spacial score (nSPS) is 11.3. The van der Waals surface area contributed by atoms with E-state index >= 15 is 0 Å². The molecule has 12 heteroatoms. The number of rotatable bonds is 6. The molecular formula is C17H14F3N5O4. The summed E-state index contributed by atoms with van der Waals surface area (Å²) in [6, 6.07) is 8.94. The number of methoxy groups -OCH3 is 1. The molecule has 2 aromatic heterocycles. The minimum Gasteiger partial charge on any atom is -0.471 e. The second-order valence-electron chi connectivity index (χ2n) is 5.70. The Morgan fingerprint density at radius 3 is 2.55 bits per heavy atom. The molecule has 2 heterocycles. The van der Waals surface area contributed by atoms with Gasteiger partial charge in [-0.05, 0) is 5.56 Å². The van der Waals surface area contributed by atoms with Crippen molar-refractivity contribution in [2.75, 3.05) is 12.4 Å². The zero-order valence-corrected chi connectivity index (χ0v) is 14.9. The van der Waals surface area contributed by atoms with Crippen molar-refractivity contribution < 1.29 is 32.2 Å². The lowest BCUT2D eigenvalue weighted by Crippen LogP contribution is -2.30. The van der Waals surface area contributed by atoms with Crippen LogP contribution in [0.15, 0.2) is 36.7 Å². The number of fused-ring (bicyclic) bond motifs is 1. The standard InChI is InChI=1S/C17H14F3N5O4/c1-28-11(26)7-25-9-21-12-13(25)22-16(24-15(27)17(18,19)20)23-14(12)29-8-10-5-3-2-4-6-10/h2-6,9H,7-8H2,1H3,(H,22,23,24,27). The Kier molecular flexibility index (Phi) is 5.61. The molecule has 29 heavy (non-hydrogen) atoms. The zero-order valence-electron chi connectivity index (χ0n) is 14.9. The van der Waals surface area contributed by atoms with Crippen molar-refractivity contribution in [1.82, 2.24) is 19.5 Å². The van der Waals surface area contributed by atoms with E-state index in [0.717, 1.165) is 5.56 Å². The Bertz CT molecular complexity index is 1040. The van der Waals surface area contributed by atoms with Gasteiger partial charge in [0.05, 0.1) is 13.4 Å². The molecule has 1 amide bonds. The quantitative estimate of drug-likeness (QED) is 0.621. The van der Waals surface area contributed by atoms with Gasteiger partial charge >= 0.3 is 18.1 Å². The highest BCUT2D eigenvalue weighted by Crippen LogP contribution is 2.25. The van der Waals surface area contributed by atoms with Gasteiger partial charge in [-0.15, -0.1) is 0 Å². The fourth-order valence-electron chi connectivity index (χ4n) is 2.29. The Labute approximate surface area is 161 Å². The highest BCUT2D eigenvalue weighted by Gasteiger charge is 2.39. The number of amides is 1. The van der Waals surface area contributed by atoms with Crippen LogP contribution < -0.4 is 10.1 Å². The SMILES string of the molecule is COC(=O)Cn1cnc2c(OCc3ccccc3)nc(NC(=O)C(F)(F)F)nc21. The number of ether oxygens (including phenoxy) is 2. The monoisotopic (exact) mass is 409 g/mol. The van der Waals surface area contributed by atoms with E-state index in [4.69, 9.17) is 4.74 Å². The van der Waals surface area contributed by atoms with E-state index in [2.05, 4.69) is 19.7 Å². The van der Waals surface area contributed by atoms with Gasteiger partial charge in [-0.25, -0.2) is 4.98 Å². The molecule has 0 saturated carbocycles. The topological polar surface area (TPSA) is 108 Å². The van der Waals surface area contributed by atoms with Crippen LogP contribution >= 0.6 is 0 Å². The van der Waals surface area contributed by atoms with E-state index in [1.807, 2.05) is 6.07 Å². The Balaban J connectivity index is 1.97. The summed E-state index contributed by atoms with van der Waals surface area (Å²) in [5.41, 5.74) is 0.870. The fraction of sp³-hybridized carbons (Fsp3) is 0.235. The largest absolute Gasteiger partial charge is 0.471 e. The highest BCUT2D eigenvalue weighted by atomic mass is 19.4. The molecular weight excluding hydrogens is 395 g/mol. The molecule has 3 aromatic rings. The minimum absolute atomic E-state index is 0.00839. The number of carbonyl (C=O) groups is 2. The lowest BCUT2D eigenvalue weighted by Gasteiger charge is -2.10. The zero-order chi connectivity index (χ0) is 21.0. The molecule has 0 spiro atoms. The van der Waals surface area contributed by atoms with Gasteiger partial charge in [0.2, 0.25) is 11.8 Å². The average molecular weight is 409 g/mol. The third-order valence-electron chi connectivity index (χ3n) is 3.66. The number of esters is 1. The molecule has 0 aliphatic rings. The number of benzene rings is 1. The number of nitrogens with zero attached hydrogens (tertiary/aromatic N) is 4. The van der Waals surface area contributed by atoms with Crippen LogP contribution in [0.5, 0.6) is 5.88 Å². The van der Waals surface area contributed by atoms with Crippen molar-refractivity contribution in [3.63, 3.8) is 0 Å². The van der Waals surface area contributed by atoms with Crippen molar-refractivity contribution in [2.45, 2.75) is 19.3 Å². The van der Waals surface area contributed by atoms with Gasteiger partial charge < -0.3 is 14.0 Å². The third-order valence-corrected chi connectivity index (χ3v) is 3.66. The van der Waals surface area contributed by atoms with Crippen molar-refractivity contribution in [3.05, 3.63) is 42.2 Å². The summed E-state index contributed by atoms with van der Waals surface area (Å²) in [6.45, 7) is -0.252. The molecule has 9 nitrogen and oxygen atoms in total. The average Bonchev–Trinajstić information content (AvgIpc) is 3.09. The predicted molar refractivity (Wildman–Crippen MR) is 92.8 cm³/mol. The number of nitrogens with one attached hydrogen (secondary N) is 1. The van der Waals surface area contributed by atoms with Crippen LogP contribution in [-0.4, -0.2) is 44.7 Å². The molecule has 0 bridgehead atoms. The summed E-state index contributed by atoms with van der Waals surface area (Å²) in [7, 11) is 1.18. The highest BCUT2D eigenvalue weighted by molar-refractivity contribution is 5.94. The molecule has 0 fully saturated rings. The summed E-state index contributed by atoms with van der Waals surface area (Å²) >= 11 is 0. The van der Waals surface area contributed by atoms with Crippen LogP contribution in [0.2, 0.25) is 0 Å². The first-order valence-electron chi connectivity index (χ1n) is 8.12. The number of hydrogen-bond acceptors (Lipinski definition) is 7. The first-order chi connectivity index (χ1) is 13.8. The predicted octanol–water partition coefficient (Wildman–Crippen LogP) is 2.08. The number of anilines is 1. The molecule has 1 N–H and O–H groups in total. The molecule has 1 aromatic carbocycles.